The van der Waals surface area contributed by atoms with Gasteiger partial charge < -0.3 is 0 Å². The number of fused-ring (bicyclic) bond motifs is 1. The highest BCUT2D eigenvalue weighted by Gasteiger charge is 2.12. The zero-order valence-corrected chi connectivity index (χ0v) is 15.1. The number of halogens is 1. The van der Waals surface area contributed by atoms with Crippen LogP contribution in [0, 0.1) is 0 Å². The van der Waals surface area contributed by atoms with Gasteiger partial charge in [0.15, 0.2) is 0 Å². The fourth-order valence-corrected chi connectivity index (χ4v) is 3.04. The summed E-state index contributed by atoms with van der Waals surface area (Å²) in [6.07, 6.45) is 4.26. The maximum atomic E-state index is 4.84. The van der Waals surface area contributed by atoms with Crippen LogP contribution >= 0.6 is 15.9 Å². The number of hydrogen-bond acceptors (Lipinski definition) is 2. The van der Waals surface area contributed by atoms with Crippen molar-refractivity contribution in [2.75, 3.05) is 11.9 Å². The lowest BCUT2D eigenvalue weighted by Crippen LogP contribution is -2.16. The van der Waals surface area contributed by atoms with Crippen molar-refractivity contribution in [1.29, 1.82) is 0 Å². The zero-order chi connectivity index (χ0) is 16.9. The molecule has 1 aromatic heterocycles. The van der Waals surface area contributed by atoms with Gasteiger partial charge in [-0.1, -0.05) is 52.8 Å². The fraction of sp³-hybridized carbons (Fsp3) is 0.100. The Morgan fingerprint density at radius 2 is 1.96 bits per heavy atom. The summed E-state index contributed by atoms with van der Waals surface area (Å²) in [7, 11) is 1.74. The first-order valence-corrected chi connectivity index (χ1v) is 8.47. The van der Waals surface area contributed by atoms with E-state index in [4.69, 9.17) is 4.98 Å². The average molecular weight is 380 g/mol. The highest BCUT2D eigenvalue weighted by atomic mass is 79.9. The van der Waals surface area contributed by atoms with Gasteiger partial charge in [-0.3, -0.25) is 9.89 Å². The van der Waals surface area contributed by atoms with Gasteiger partial charge in [-0.05, 0) is 29.8 Å². The van der Waals surface area contributed by atoms with Gasteiger partial charge in [0.2, 0.25) is 0 Å². The first-order chi connectivity index (χ1) is 11.7. The number of hydrogen-bond donors (Lipinski definition) is 0. The lowest BCUT2D eigenvalue weighted by molar-refractivity contribution is 1.13. The molecule has 1 heterocycles. The molecule has 0 fully saturated rings. The number of benzene rings is 2. The molecule has 3 rings (SSSR count). The van der Waals surface area contributed by atoms with Crippen molar-refractivity contribution in [2.45, 2.75) is 6.42 Å². The van der Waals surface area contributed by atoms with Gasteiger partial charge in [-0.15, -0.1) is 0 Å². The lowest BCUT2D eigenvalue weighted by Gasteiger charge is -2.18. The van der Waals surface area contributed by atoms with Crippen LogP contribution in [0.5, 0.6) is 0 Å². The molecule has 0 bridgehead atoms. The molecule has 0 radical (unpaired) electrons. The summed E-state index contributed by atoms with van der Waals surface area (Å²) in [5.41, 5.74) is 3.32. The van der Waals surface area contributed by atoms with Crippen LogP contribution in [0.1, 0.15) is 11.1 Å². The maximum Gasteiger partial charge on any atom is 0.142 e. The average Bonchev–Trinajstić information content (AvgIpc) is 2.60. The second-order valence-electron chi connectivity index (χ2n) is 5.43. The minimum absolute atomic E-state index is 0.799. The van der Waals surface area contributed by atoms with E-state index in [0.29, 0.717) is 0 Å². The minimum atomic E-state index is 0.799. The second-order valence-corrected chi connectivity index (χ2v) is 6.35. The number of rotatable bonds is 5. The van der Waals surface area contributed by atoms with Crippen LogP contribution in [0.25, 0.3) is 10.9 Å². The molecular formula is C20H18BrN3. The molecular weight excluding hydrogens is 362 g/mol. The lowest BCUT2D eigenvalue weighted by atomic mass is 10.0. The Balaban J connectivity index is 2.16. The van der Waals surface area contributed by atoms with Gasteiger partial charge in [0, 0.05) is 35.1 Å². The van der Waals surface area contributed by atoms with E-state index in [2.05, 4.69) is 63.9 Å². The van der Waals surface area contributed by atoms with E-state index in [0.717, 1.165) is 33.2 Å². The monoisotopic (exact) mass is 379 g/mol. The van der Waals surface area contributed by atoms with Gasteiger partial charge in [-0.25, -0.2) is 4.98 Å². The van der Waals surface area contributed by atoms with Crippen molar-refractivity contribution in [3.05, 3.63) is 83.0 Å². The SMILES string of the molecule is C=CN(C=NC)c1nc2ccc(Br)cc2cc1Cc1ccccc1. The van der Waals surface area contributed by atoms with Crippen LogP contribution in [0.4, 0.5) is 5.82 Å². The van der Waals surface area contributed by atoms with Gasteiger partial charge >= 0.3 is 0 Å². The van der Waals surface area contributed by atoms with E-state index in [1.165, 1.54) is 5.56 Å². The predicted molar refractivity (Wildman–Crippen MR) is 106 cm³/mol. The molecule has 4 heteroatoms. The minimum Gasteiger partial charge on any atom is -0.293 e. The highest BCUT2D eigenvalue weighted by Crippen LogP contribution is 2.27. The summed E-state index contributed by atoms with van der Waals surface area (Å²) in [4.78, 5) is 10.8. The van der Waals surface area contributed by atoms with Crippen molar-refractivity contribution < 1.29 is 0 Å². The van der Waals surface area contributed by atoms with E-state index < -0.39 is 0 Å². The molecule has 0 saturated heterocycles. The Labute approximate surface area is 150 Å². The Bertz CT molecular complexity index is 888. The summed E-state index contributed by atoms with van der Waals surface area (Å²) < 4.78 is 1.05. The third kappa shape index (κ3) is 3.54. The van der Waals surface area contributed by atoms with E-state index in [9.17, 15) is 0 Å². The topological polar surface area (TPSA) is 28.5 Å². The smallest absolute Gasteiger partial charge is 0.142 e. The molecule has 0 amide bonds. The van der Waals surface area contributed by atoms with Crippen LogP contribution in [-0.4, -0.2) is 18.4 Å². The summed E-state index contributed by atoms with van der Waals surface area (Å²) in [6.45, 7) is 3.89. The molecule has 0 atom stereocenters. The van der Waals surface area contributed by atoms with E-state index in [1.54, 1.807) is 19.6 Å². The maximum absolute atomic E-state index is 4.84. The molecule has 0 aliphatic heterocycles. The van der Waals surface area contributed by atoms with Crippen LogP contribution < -0.4 is 4.90 Å². The van der Waals surface area contributed by atoms with Gasteiger partial charge in [0.25, 0.3) is 0 Å². The van der Waals surface area contributed by atoms with E-state index in [1.807, 2.05) is 23.1 Å². The number of pyridine rings is 1. The summed E-state index contributed by atoms with van der Waals surface area (Å²) >= 11 is 3.53. The van der Waals surface area contributed by atoms with Gasteiger partial charge in [-0.2, -0.15) is 0 Å². The largest absolute Gasteiger partial charge is 0.293 e. The van der Waals surface area contributed by atoms with Gasteiger partial charge in [0.1, 0.15) is 5.82 Å². The number of nitrogens with zero attached hydrogens (tertiary/aromatic N) is 3. The van der Waals surface area contributed by atoms with E-state index in [-0.39, 0.29) is 0 Å². The zero-order valence-electron chi connectivity index (χ0n) is 13.5. The molecule has 2 aromatic carbocycles. The van der Waals surface area contributed by atoms with Crippen molar-refractivity contribution in [2.24, 2.45) is 4.99 Å². The van der Waals surface area contributed by atoms with Crippen LogP contribution in [0.2, 0.25) is 0 Å². The number of aromatic nitrogens is 1. The van der Waals surface area contributed by atoms with Crippen molar-refractivity contribution in [3.8, 4) is 0 Å². The molecule has 0 saturated carbocycles. The molecule has 0 N–H and O–H groups in total. The quantitative estimate of drug-likeness (QED) is 0.450. The molecule has 0 aliphatic carbocycles. The molecule has 3 nitrogen and oxygen atoms in total. The Hall–Kier alpha value is -2.46. The molecule has 0 spiro atoms. The molecule has 0 aliphatic rings. The van der Waals surface area contributed by atoms with Crippen LogP contribution in [-0.2, 0) is 6.42 Å². The molecule has 24 heavy (non-hydrogen) atoms. The second kappa shape index (κ2) is 7.41. The fourth-order valence-electron chi connectivity index (χ4n) is 2.66. The number of aliphatic imine (C=N–C) groups is 1. The Morgan fingerprint density at radius 1 is 1.17 bits per heavy atom. The van der Waals surface area contributed by atoms with Gasteiger partial charge in [0.05, 0.1) is 11.9 Å². The Morgan fingerprint density at radius 3 is 2.67 bits per heavy atom. The third-order valence-corrected chi connectivity index (χ3v) is 4.24. The molecule has 3 aromatic rings. The highest BCUT2D eigenvalue weighted by molar-refractivity contribution is 9.10. The predicted octanol–water partition coefficient (Wildman–Crippen LogP) is 5.20. The van der Waals surface area contributed by atoms with Crippen molar-refractivity contribution >= 4 is 39.0 Å². The van der Waals surface area contributed by atoms with Crippen LogP contribution in [0.3, 0.4) is 0 Å². The third-order valence-electron chi connectivity index (χ3n) is 3.75. The Kier molecular flexibility index (Phi) is 5.06. The summed E-state index contributed by atoms with van der Waals surface area (Å²) in [6, 6.07) is 18.7. The standard InChI is InChI=1S/C20H18BrN3/c1-3-24(14-22-2)20-17(11-15-7-5-4-6-8-15)12-16-13-18(21)9-10-19(16)23-20/h3-10,12-14H,1,11H2,2H3. The molecule has 120 valence electrons. The van der Waals surface area contributed by atoms with Crippen LogP contribution in [0.15, 0.2) is 76.8 Å². The van der Waals surface area contributed by atoms with E-state index >= 15 is 0 Å². The van der Waals surface area contributed by atoms with Crippen molar-refractivity contribution in [1.82, 2.24) is 4.98 Å². The number of anilines is 1. The summed E-state index contributed by atoms with van der Waals surface area (Å²) in [5, 5.41) is 1.11. The normalized spacial score (nSPS) is 11.1. The van der Waals surface area contributed by atoms with Crippen molar-refractivity contribution in [3.63, 3.8) is 0 Å². The first-order valence-electron chi connectivity index (χ1n) is 7.67. The first kappa shape index (κ1) is 16.4. The molecule has 0 unspecified atom stereocenters. The summed E-state index contributed by atoms with van der Waals surface area (Å²) in [5.74, 6) is 0.856.